The second-order valence-electron chi connectivity index (χ2n) is 6.28. The molecule has 2 aliphatic rings. The first-order valence-corrected chi connectivity index (χ1v) is 7.91. The van der Waals surface area contributed by atoms with E-state index in [0.717, 1.165) is 18.8 Å². The minimum Gasteiger partial charge on any atom is -0.493 e. The number of rotatable bonds is 2. The zero-order valence-corrected chi connectivity index (χ0v) is 12.7. The molecular weight excluding hydrogens is 248 g/mol. The molecule has 3 rings (SSSR count). The number of likely N-dealkylation sites (tertiary alicyclic amines) is 1. The summed E-state index contributed by atoms with van der Waals surface area (Å²) < 4.78 is 5.97. The maximum absolute atomic E-state index is 5.97. The summed E-state index contributed by atoms with van der Waals surface area (Å²) in [7, 11) is 2.22. The molecule has 0 bridgehead atoms. The fourth-order valence-electron chi connectivity index (χ4n) is 3.40. The molecule has 1 aromatic rings. The first kappa shape index (κ1) is 13.9. The normalized spacial score (nSPS) is 24.8. The molecule has 0 aromatic heterocycles. The molecule has 1 saturated heterocycles. The topological polar surface area (TPSA) is 24.5 Å². The number of nitrogens with zero attached hydrogens (tertiary/aromatic N) is 1. The van der Waals surface area contributed by atoms with Gasteiger partial charge in [0.25, 0.3) is 0 Å². The van der Waals surface area contributed by atoms with Crippen molar-refractivity contribution in [2.75, 3.05) is 26.7 Å². The summed E-state index contributed by atoms with van der Waals surface area (Å²) in [6.07, 6.45) is 4.84. The Balaban J connectivity index is 1.75. The summed E-state index contributed by atoms with van der Waals surface area (Å²) in [5.41, 5.74) is 2.63. The van der Waals surface area contributed by atoms with Gasteiger partial charge < -0.3 is 15.0 Å². The number of aryl methyl sites for hydroxylation is 1. The van der Waals surface area contributed by atoms with Crippen LogP contribution in [0.1, 0.15) is 42.9 Å². The number of benzene rings is 1. The van der Waals surface area contributed by atoms with Crippen LogP contribution in [-0.4, -0.2) is 37.7 Å². The lowest BCUT2D eigenvalue weighted by Gasteiger charge is -2.32. The largest absolute Gasteiger partial charge is 0.493 e. The Kier molecular flexibility index (Phi) is 4.27. The number of para-hydroxylation sites is 1. The first-order valence-electron chi connectivity index (χ1n) is 7.91. The molecule has 0 saturated carbocycles. The number of hydrogen-bond donors (Lipinski definition) is 1. The highest BCUT2D eigenvalue weighted by atomic mass is 16.5. The summed E-state index contributed by atoms with van der Waals surface area (Å²) in [4.78, 5) is 2.42. The van der Waals surface area contributed by atoms with Gasteiger partial charge in [0.05, 0.1) is 6.61 Å². The monoisotopic (exact) mass is 274 g/mol. The molecule has 0 spiro atoms. The van der Waals surface area contributed by atoms with Gasteiger partial charge in [-0.25, -0.2) is 0 Å². The Hall–Kier alpha value is -1.06. The SMILES string of the molecule is Cc1cccc2c1OCCCC2NC1CCN(C)CC1. The quantitative estimate of drug-likeness (QED) is 0.897. The van der Waals surface area contributed by atoms with Crippen LogP contribution in [-0.2, 0) is 0 Å². The van der Waals surface area contributed by atoms with Crippen LogP contribution in [0.25, 0.3) is 0 Å². The lowest BCUT2D eigenvalue weighted by Crippen LogP contribution is -2.42. The van der Waals surface area contributed by atoms with E-state index in [0.29, 0.717) is 12.1 Å². The van der Waals surface area contributed by atoms with E-state index in [2.05, 4.69) is 42.4 Å². The van der Waals surface area contributed by atoms with Gasteiger partial charge in [-0.15, -0.1) is 0 Å². The van der Waals surface area contributed by atoms with Crippen molar-refractivity contribution in [2.45, 2.75) is 44.7 Å². The minimum absolute atomic E-state index is 0.459. The van der Waals surface area contributed by atoms with Gasteiger partial charge in [0.1, 0.15) is 5.75 Å². The third-order valence-electron chi connectivity index (χ3n) is 4.66. The van der Waals surface area contributed by atoms with E-state index < -0.39 is 0 Å². The smallest absolute Gasteiger partial charge is 0.126 e. The number of ether oxygens (including phenoxy) is 1. The highest BCUT2D eigenvalue weighted by molar-refractivity contribution is 5.43. The van der Waals surface area contributed by atoms with Crippen LogP contribution >= 0.6 is 0 Å². The predicted octanol–water partition coefficient (Wildman–Crippen LogP) is 2.89. The van der Waals surface area contributed by atoms with Gasteiger partial charge in [0, 0.05) is 17.6 Å². The van der Waals surface area contributed by atoms with Crippen LogP contribution < -0.4 is 10.1 Å². The van der Waals surface area contributed by atoms with Gasteiger partial charge in [-0.3, -0.25) is 0 Å². The molecule has 2 heterocycles. The lowest BCUT2D eigenvalue weighted by atomic mass is 9.97. The van der Waals surface area contributed by atoms with E-state index in [4.69, 9.17) is 4.74 Å². The third kappa shape index (κ3) is 2.99. The van der Waals surface area contributed by atoms with Crippen molar-refractivity contribution >= 4 is 0 Å². The summed E-state index contributed by atoms with van der Waals surface area (Å²) in [5, 5.41) is 3.90. The Morgan fingerprint density at radius 3 is 2.80 bits per heavy atom. The van der Waals surface area contributed by atoms with E-state index in [1.54, 1.807) is 0 Å². The molecule has 2 aliphatic heterocycles. The van der Waals surface area contributed by atoms with Crippen molar-refractivity contribution in [3.8, 4) is 5.75 Å². The molecule has 3 nitrogen and oxygen atoms in total. The van der Waals surface area contributed by atoms with Crippen molar-refractivity contribution in [1.29, 1.82) is 0 Å². The molecule has 0 aliphatic carbocycles. The summed E-state index contributed by atoms with van der Waals surface area (Å²) in [5.74, 6) is 1.12. The van der Waals surface area contributed by atoms with Crippen LogP contribution in [0.15, 0.2) is 18.2 Å². The van der Waals surface area contributed by atoms with Crippen LogP contribution in [0, 0.1) is 6.92 Å². The highest BCUT2D eigenvalue weighted by Gasteiger charge is 2.25. The van der Waals surface area contributed by atoms with Crippen molar-refractivity contribution in [1.82, 2.24) is 10.2 Å². The summed E-state index contributed by atoms with van der Waals surface area (Å²) in [6.45, 7) is 5.42. The van der Waals surface area contributed by atoms with Gasteiger partial charge in [0.15, 0.2) is 0 Å². The van der Waals surface area contributed by atoms with Crippen LogP contribution in [0.4, 0.5) is 0 Å². The van der Waals surface area contributed by atoms with Crippen LogP contribution in [0.3, 0.4) is 0 Å². The van der Waals surface area contributed by atoms with Gasteiger partial charge >= 0.3 is 0 Å². The zero-order valence-electron chi connectivity index (χ0n) is 12.7. The van der Waals surface area contributed by atoms with E-state index in [9.17, 15) is 0 Å². The summed E-state index contributed by atoms with van der Waals surface area (Å²) >= 11 is 0. The molecule has 1 atom stereocenters. The first-order chi connectivity index (χ1) is 9.74. The van der Waals surface area contributed by atoms with Crippen molar-refractivity contribution in [3.63, 3.8) is 0 Å². The number of fused-ring (bicyclic) bond motifs is 1. The van der Waals surface area contributed by atoms with Crippen LogP contribution in [0.2, 0.25) is 0 Å². The fourth-order valence-corrected chi connectivity index (χ4v) is 3.40. The molecule has 110 valence electrons. The Bertz CT molecular complexity index is 452. The number of piperidine rings is 1. The van der Waals surface area contributed by atoms with Gasteiger partial charge in [-0.1, -0.05) is 18.2 Å². The molecule has 0 radical (unpaired) electrons. The van der Waals surface area contributed by atoms with E-state index in [1.807, 2.05) is 0 Å². The molecule has 3 heteroatoms. The maximum atomic E-state index is 5.97. The van der Waals surface area contributed by atoms with Crippen molar-refractivity contribution in [2.24, 2.45) is 0 Å². The second kappa shape index (κ2) is 6.15. The van der Waals surface area contributed by atoms with Gasteiger partial charge in [-0.2, -0.15) is 0 Å². The van der Waals surface area contributed by atoms with Crippen LogP contribution in [0.5, 0.6) is 5.75 Å². The number of hydrogen-bond acceptors (Lipinski definition) is 3. The Labute approximate surface area is 122 Å². The standard InChI is InChI=1S/C17H26N2O/c1-13-5-3-6-15-16(7-4-12-20-17(13)15)18-14-8-10-19(2)11-9-14/h3,5-6,14,16,18H,4,7-12H2,1-2H3. The molecule has 1 N–H and O–H groups in total. The average Bonchev–Trinajstić information content (AvgIpc) is 2.65. The summed E-state index contributed by atoms with van der Waals surface area (Å²) in [6, 6.07) is 7.66. The maximum Gasteiger partial charge on any atom is 0.126 e. The minimum atomic E-state index is 0.459. The van der Waals surface area contributed by atoms with E-state index in [1.165, 1.54) is 43.5 Å². The second-order valence-corrected chi connectivity index (χ2v) is 6.28. The lowest BCUT2D eigenvalue weighted by molar-refractivity contribution is 0.222. The van der Waals surface area contributed by atoms with Crippen molar-refractivity contribution < 1.29 is 4.74 Å². The number of nitrogens with one attached hydrogen (secondary N) is 1. The van der Waals surface area contributed by atoms with E-state index in [-0.39, 0.29) is 0 Å². The van der Waals surface area contributed by atoms with Gasteiger partial charge in [-0.05, 0) is 58.3 Å². The van der Waals surface area contributed by atoms with Crippen molar-refractivity contribution in [3.05, 3.63) is 29.3 Å². The van der Waals surface area contributed by atoms with E-state index >= 15 is 0 Å². The average molecular weight is 274 g/mol. The predicted molar refractivity (Wildman–Crippen MR) is 82.3 cm³/mol. The zero-order chi connectivity index (χ0) is 13.9. The highest BCUT2D eigenvalue weighted by Crippen LogP contribution is 2.34. The molecule has 0 amide bonds. The molecule has 20 heavy (non-hydrogen) atoms. The Morgan fingerprint density at radius 2 is 2.00 bits per heavy atom. The molecule has 1 fully saturated rings. The third-order valence-corrected chi connectivity index (χ3v) is 4.66. The fraction of sp³-hybridized carbons (Fsp3) is 0.647. The van der Waals surface area contributed by atoms with Gasteiger partial charge in [0.2, 0.25) is 0 Å². The molecular formula is C17H26N2O. The molecule has 1 unspecified atom stereocenters. The Morgan fingerprint density at radius 1 is 1.20 bits per heavy atom. The molecule has 1 aromatic carbocycles.